The molecule has 0 aliphatic heterocycles. The zero-order valence-corrected chi connectivity index (χ0v) is 13.6. The summed E-state index contributed by atoms with van der Waals surface area (Å²) in [6.45, 7) is 5.85. The van der Waals surface area contributed by atoms with E-state index in [2.05, 4.69) is 4.72 Å². The van der Waals surface area contributed by atoms with E-state index in [0.717, 1.165) is 6.42 Å². The lowest BCUT2D eigenvalue weighted by Crippen LogP contribution is -2.37. The Morgan fingerprint density at radius 3 is 2.33 bits per heavy atom. The molecule has 0 saturated heterocycles. The first-order valence-electron chi connectivity index (χ1n) is 6.81. The molecule has 0 saturated carbocycles. The first kappa shape index (κ1) is 17.5. The molecule has 0 fully saturated rings. The smallest absolute Gasteiger partial charge is 0.338 e. The lowest BCUT2D eigenvalue weighted by Gasteiger charge is -2.21. The first-order valence-corrected chi connectivity index (χ1v) is 8.25. The number of rotatable bonds is 7. The Bertz CT molecular complexity index is 567. The van der Waals surface area contributed by atoms with Gasteiger partial charge in [0.05, 0.1) is 12.2 Å². The predicted octanol–water partition coefficient (Wildman–Crippen LogP) is 2.25. The molecular formula is C14H22N2O4S. The van der Waals surface area contributed by atoms with Crippen LogP contribution in [0, 0.1) is 0 Å². The molecule has 1 rings (SSSR count). The van der Waals surface area contributed by atoms with Crippen LogP contribution < -0.4 is 4.72 Å². The summed E-state index contributed by atoms with van der Waals surface area (Å²) in [6.07, 6.45) is 0.755. The van der Waals surface area contributed by atoms with Crippen LogP contribution >= 0.6 is 0 Å². The number of carbonyl (C=O) groups excluding carboxylic acids is 1. The fraction of sp³-hybridized carbons (Fsp3) is 0.500. The summed E-state index contributed by atoms with van der Waals surface area (Å²) in [7, 11) is -2.09. The third kappa shape index (κ3) is 5.02. The number of esters is 1. The zero-order chi connectivity index (χ0) is 16.0. The number of hydrogen-bond donors (Lipinski definition) is 1. The maximum absolute atomic E-state index is 12.0. The van der Waals surface area contributed by atoms with Gasteiger partial charge >= 0.3 is 16.2 Å². The highest BCUT2D eigenvalue weighted by Crippen LogP contribution is 2.14. The minimum absolute atomic E-state index is 0.147. The lowest BCUT2D eigenvalue weighted by atomic mass is 10.2. The molecule has 0 aliphatic rings. The highest BCUT2D eigenvalue weighted by molar-refractivity contribution is 7.90. The summed E-state index contributed by atoms with van der Waals surface area (Å²) < 4.78 is 32.7. The second-order valence-corrected chi connectivity index (χ2v) is 6.66. The van der Waals surface area contributed by atoms with E-state index in [1.807, 2.05) is 6.92 Å². The SMILES string of the molecule is CCCOC(=O)c1ccc(NS(=O)(=O)N(C)C(C)C)cc1. The number of ether oxygens (including phenoxy) is 1. The number of benzene rings is 1. The number of nitrogens with zero attached hydrogens (tertiary/aromatic N) is 1. The Morgan fingerprint density at radius 2 is 1.86 bits per heavy atom. The Morgan fingerprint density at radius 1 is 1.29 bits per heavy atom. The average molecular weight is 314 g/mol. The largest absolute Gasteiger partial charge is 0.462 e. The van der Waals surface area contributed by atoms with Crippen LogP contribution in [-0.2, 0) is 14.9 Å². The van der Waals surface area contributed by atoms with Crippen LogP contribution in [0.4, 0.5) is 5.69 Å². The van der Waals surface area contributed by atoms with Gasteiger partial charge in [-0.1, -0.05) is 6.92 Å². The molecule has 1 N–H and O–H groups in total. The van der Waals surface area contributed by atoms with Gasteiger partial charge in [0.25, 0.3) is 0 Å². The summed E-state index contributed by atoms with van der Waals surface area (Å²) in [4.78, 5) is 11.6. The van der Waals surface area contributed by atoms with E-state index in [0.29, 0.717) is 17.9 Å². The molecule has 0 aromatic heterocycles. The highest BCUT2D eigenvalue weighted by atomic mass is 32.2. The summed E-state index contributed by atoms with van der Waals surface area (Å²) in [5.41, 5.74) is 0.790. The van der Waals surface area contributed by atoms with Crippen molar-refractivity contribution >= 4 is 21.9 Å². The Balaban J connectivity index is 2.77. The van der Waals surface area contributed by atoms with E-state index in [-0.39, 0.29) is 6.04 Å². The molecular weight excluding hydrogens is 292 g/mol. The van der Waals surface area contributed by atoms with Crippen molar-refractivity contribution < 1.29 is 17.9 Å². The summed E-state index contributed by atoms with van der Waals surface area (Å²) in [5.74, 6) is -0.412. The van der Waals surface area contributed by atoms with Crippen LogP contribution in [0.5, 0.6) is 0 Å². The van der Waals surface area contributed by atoms with Crippen LogP contribution in [-0.4, -0.2) is 38.4 Å². The van der Waals surface area contributed by atoms with E-state index in [4.69, 9.17) is 4.74 Å². The van der Waals surface area contributed by atoms with Gasteiger partial charge in [-0.05, 0) is 44.5 Å². The molecule has 0 heterocycles. The van der Waals surface area contributed by atoms with Crippen LogP contribution in [0.25, 0.3) is 0 Å². The summed E-state index contributed by atoms with van der Waals surface area (Å²) in [6, 6.07) is 5.99. The number of nitrogens with one attached hydrogen (secondary N) is 1. The number of hydrogen-bond acceptors (Lipinski definition) is 4. The third-order valence-electron chi connectivity index (χ3n) is 2.91. The Labute approximate surface area is 126 Å². The second-order valence-electron chi connectivity index (χ2n) is 4.93. The molecule has 1 aromatic carbocycles. The van der Waals surface area contributed by atoms with Crippen molar-refractivity contribution in [1.29, 1.82) is 0 Å². The van der Waals surface area contributed by atoms with E-state index in [1.54, 1.807) is 13.8 Å². The molecule has 7 heteroatoms. The minimum Gasteiger partial charge on any atom is -0.462 e. The van der Waals surface area contributed by atoms with Crippen LogP contribution in [0.3, 0.4) is 0 Å². The monoisotopic (exact) mass is 314 g/mol. The quantitative estimate of drug-likeness (QED) is 0.783. The maximum Gasteiger partial charge on any atom is 0.338 e. The van der Waals surface area contributed by atoms with E-state index < -0.39 is 16.2 Å². The number of carbonyl (C=O) groups is 1. The van der Waals surface area contributed by atoms with Gasteiger partial charge in [0.15, 0.2) is 0 Å². The molecule has 0 radical (unpaired) electrons. The van der Waals surface area contributed by atoms with E-state index >= 15 is 0 Å². The fourth-order valence-corrected chi connectivity index (χ4v) is 2.58. The van der Waals surface area contributed by atoms with Crippen molar-refractivity contribution in [3.63, 3.8) is 0 Å². The molecule has 21 heavy (non-hydrogen) atoms. The van der Waals surface area contributed by atoms with Gasteiger partial charge in [-0.2, -0.15) is 12.7 Å². The van der Waals surface area contributed by atoms with Gasteiger partial charge < -0.3 is 4.74 Å². The number of anilines is 1. The minimum atomic E-state index is -3.59. The van der Waals surface area contributed by atoms with Gasteiger partial charge in [-0.3, -0.25) is 4.72 Å². The van der Waals surface area contributed by atoms with Gasteiger partial charge in [0.1, 0.15) is 0 Å². The van der Waals surface area contributed by atoms with Gasteiger partial charge in [0.2, 0.25) is 0 Å². The van der Waals surface area contributed by atoms with Gasteiger partial charge in [-0.25, -0.2) is 4.79 Å². The van der Waals surface area contributed by atoms with E-state index in [9.17, 15) is 13.2 Å². The third-order valence-corrected chi connectivity index (χ3v) is 4.58. The van der Waals surface area contributed by atoms with Crippen LogP contribution in [0.15, 0.2) is 24.3 Å². The van der Waals surface area contributed by atoms with Crippen molar-refractivity contribution in [3.05, 3.63) is 29.8 Å². The summed E-state index contributed by atoms with van der Waals surface area (Å²) >= 11 is 0. The van der Waals surface area contributed by atoms with Gasteiger partial charge in [0, 0.05) is 18.8 Å². The molecule has 1 aromatic rings. The average Bonchev–Trinajstić information content (AvgIpc) is 2.44. The van der Waals surface area contributed by atoms with Crippen LogP contribution in [0.2, 0.25) is 0 Å². The lowest BCUT2D eigenvalue weighted by molar-refractivity contribution is 0.0505. The van der Waals surface area contributed by atoms with Crippen molar-refractivity contribution in [3.8, 4) is 0 Å². The van der Waals surface area contributed by atoms with Crippen molar-refractivity contribution in [2.24, 2.45) is 0 Å². The van der Waals surface area contributed by atoms with Crippen molar-refractivity contribution in [2.75, 3.05) is 18.4 Å². The molecule has 6 nitrogen and oxygen atoms in total. The summed E-state index contributed by atoms with van der Waals surface area (Å²) in [5, 5.41) is 0. The fourth-order valence-electron chi connectivity index (χ4n) is 1.45. The Kier molecular flexibility index (Phi) is 6.17. The molecule has 0 atom stereocenters. The highest BCUT2D eigenvalue weighted by Gasteiger charge is 2.20. The molecule has 0 unspecified atom stereocenters. The Hall–Kier alpha value is -1.60. The van der Waals surface area contributed by atoms with Crippen molar-refractivity contribution in [2.45, 2.75) is 33.2 Å². The molecule has 0 amide bonds. The van der Waals surface area contributed by atoms with Crippen LogP contribution in [0.1, 0.15) is 37.6 Å². The molecule has 0 bridgehead atoms. The maximum atomic E-state index is 12.0. The standard InChI is InChI=1S/C14H22N2O4S/c1-5-10-20-14(17)12-6-8-13(9-7-12)15-21(18,19)16(4)11(2)3/h6-9,11,15H,5,10H2,1-4H3. The molecule has 118 valence electrons. The normalized spacial score (nSPS) is 11.7. The second kappa shape index (κ2) is 7.42. The first-order chi connectivity index (χ1) is 9.77. The molecule has 0 spiro atoms. The van der Waals surface area contributed by atoms with Crippen molar-refractivity contribution in [1.82, 2.24) is 4.31 Å². The molecule has 0 aliphatic carbocycles. The zero-order valence-electron chi connectivity index (χ0n) is 12.8. The van der Waals surface area contributed by atoms with Gasteiger partial charge in [-0.15, -0.1) is 0 Å². The predicted molar refractivity (Wildman–Crippen MR) is 82.5 cm³/mol. The van der Waals surface area contributed by atoms with E-state index in [1.165, 1.54) is 35.6 Å². The topological polar surface area (TPSA) is 75.7 Å².